The van der Waals surface area contributed by atoms with Crippen LogP contribution >= 0.6 is 20.8 Å². The van der Waals surface area contributed by atoms with Crippen LogP contribution in [0.15, 0.2) is 42.2 Å². The zero-order valence-corrected chi connectivity index (χ0v) is 20.2. The van der Waals surface area contributed by atoms with Gasteiger partial charge in [-0.05, 0) is 42.8 Å². The number of carbonyl (C=O) groups excluding carboxylic acids is 2. The van der Waals surface area contributed by atoms with Crippen molar-refractivity contribution in [3.8, 4) is 6.07 Å². The normalized spacial score (nSPS) is 10.2. The summed E-state index contributed by atoms with van der Waals surface area (Å²) < 4.78 is 0. The van der Waals surface area contributed by atoms with Crippen molar-refractivity contribution in [1.82, 2.24) is 10.3 Å². The summed E-state index contributed by atoms with van der Waals surface area (Å²) >= 11 is 6.09. The largest absolute Gasteiger partial charge is 0.355 e. The van der Waals surface area contributed by atoms with E-state index in [1.807, 2.05) is 6.07 Å². The molecule has 0 aliphatic heterocycles. The van der Waals surface area contributed by atoms with Gasteiger partial charge in [0.1, 0.15) is 11.5 Å². The van der Waals surface area contributed by atoms with Crippen LogP contribution in [-0.2, 0) is 4.79 Å². The highest BCUT2D eigenvalue weighted by molar-refractivity contribution is 7.41. The fourth-order valence-electron chi connectivity index (χ4n) is 2.43. The van der Waals surface area contributed by atoms with Crippen LogP contribution in [0.4, 0.5) is 11.5 Å². The van der Waals surface area contributed by atoms with Gasteiger partial charge in [0.25, 0.3) is 11.8 Å². The van der Waals surface area contributed by atoms with Crippen LogP contribution < -0.4 is 16.0 Å². The molecule has 4 N–H and O–H groups in total. The van der Waals surface area contributed by atoms with E-state index in [9.17, 15) is 9.59 Å². The second-order valence-corrected chi connectivity index (χ2v) is 7.57. The lowest BCUT2D eigenvalue weighted by atomic mass is 10.0. The van der Waals surface area contributed by atoms with E-state index in [2.05, 4.69) is 44.0 Å². The first kappa shape index (κ1) is 26.8. The Hall–Kier alpha value is -3.27. The molecule has 0 radical (unpaired) electrons. The van der Waals surface area contributed by atoms with E-state index < -0.39 is 11.8 Å². The van der Waals surface area contributed by atoms with Gasteiger partial charge in [0.15, 0.2) is 0 Å². The van der Waals surface area contributed by atoms with Crippen molar-refractivity contribution in [2.45, 2.75) is 27.2 Å². The molecular weight excluding hydrogens is 447 g/mol. The molecule has 8 nitrogen and oxygen atoms in total. The number of benzene rings is 1. The standard InChI is InChI=1S/C19H18ClN6O2P.C3H8/c1-10-6-11(9-21)7-12(18(27)23-2)16(10)26-19(28)14(8-15(22)29)25-17-13(20)4-3-5-24-17;1-3-2/h3-8,22H,29H2,1-2H3,(H,23,27)(H,24,25)(H,26,28);3H2,1-2H3/b14-8-,22-15?;. The lowest BCUT2D eigenvalue weighted by molar-refractivity contribution is -0.112. The summed E-state index contributed by atoms with van der Waals surface area (Å²) in [5.41, 5.74) is 1.26. The molecule has 0 bridgehead atoms. The number of anilines is 2. The summed E-state index contributed by atoms with van der Waals surface area (Å²) in [6, 6.07) is 8.19. The van der Waals surface area contributed by atoms with Gasteiger partial charge in [0.2, 0.25) is 0 Å². The maximum Gasteiger partial charge on any atom is 0.272 e. The van der Waals surface area contributed by atoms with Crippen LogP contribution in [0.1, 0.15) is 41.8 Å². The first-order valence-corrected chi connectivity index (χ1v) is 10.6. The highest BCUT2D eigenvalue weighted by Gasteiger charge is 2.19. The van der Waals surface area contributed by atoms with Crippen LogP contribution in [0.25, 0.3) is 0 Å². The number of hydrogen-bond acceptors (Lipinski definition) is 6. The van der Waals surface area contributed by atoms with Crippen molar-refractivity contribution in [1.29, 1.82) is 10.7 Å². The number of carbonyl (C=O) groups is 2. The predicted octanol–water partition coefficient (Wildman–Crippen LogP) is 4.48. The molecule has 32 heavy (non-hydrogen) atoms. The molecule has 0 aliphatic carbocycles. The maximum atomic E-state index is 12.9. The van der Waals surface area contributed by atoms with Gasteiger partial charge in [0, 0.05) is 13.2 Å². The van der Waals surface area contributed by atoms with Crippen LogP contribution in [0.2, 0.25) is 5.02 Å². The summed E-state index contributed by atoms with van der Waals surface area (Å²) in [7, 11) is 3.61. The first-order valence-electron chi connectivity index (χ1n) is 9.69. The highest BCUT2D eigenvalue weighted by atomic mass is 35.5. The zero-order valence-electron chi connectivity index (χ0n) is 18.3. The molecule has 2 rings (SSSR count). The molecule has 1 aromatic heterocycles. The Kier molecular flexibility index (Phi) is 11.0. The molecule has 2 aromatic rings. The Balaban J connectivity index is 0.00000161. The lowest BCUT2D eigenvalue weighted by Gasteiger charge is -2.16. The van der Waals surface area contributed by atoms with Gasteiger partial charge in [0.05, 0.1) is 33.4 Å². The molecule has 168 valence electrons. The van der Waals surface area contributed by atoms with E-state index >= 15 is 0 Å². The van der Waals surface area contributed by atoms with Gasteiger partial charge in [-0.2, -0.15) is 5.26 Å². The smallest absolute Gasteiger partial charge is 0.272 e. The Morgan fingerprint density at radius 3 is 2.50 bits per heavy atom. The number of hydrogen-bond donors (Lipinski definition) is 4. The number of aryl methyl sites for hydroxylation is 1. The van der Waals surface area contributed by atoms with Crippen molar-refractivity contribution in [2.24, 2.45) is 0 Å². The topological polar surface area (TPSA) is 131 Å². The zero-order chi connectivity index (χ0) is 24.3. The highest BCUT2D eigenvalue weighted by Crippen LogP contribution is 2.25. The van der Waals surface area contributed by atoms with Crippen LogP contribution in [-0.4, -0.2) is 29.3 Å². The van der Waals surface area contributed by atoms with Gasteiger partial charge >= 0.3 is 0 Å². The number of aromatic nitrogens is 1. The van der Waals surface area contributed by atoms with Crippen molar-refractivity contribution >= 4 is 49.6 Å². The molecular formula is C22H26ClN6O2P. The molecule has 1 unspecified atom stereocenters. The molecule has 0 saturated heterocycles. The molecule has 0 saturated carbocycles. The number of pyridine rings is 1. The predicted molar refractivity (Wildman–Crippen MR) is 132 cm³/mol. The van der Waals surface area contributed by atoms with E-state index in [0.29, 0.717) is 16.1 Å². The number of nitrogens with one attached hydrogen (secondary N) is 4. The third kappa shape index (κ3) is 7.77. The molecule has 2 amide bonds. The third-order valence-corrected chi connectivity index (χ3v) is 4.20. The Morgan fingerprint density at radius 2 is 1.97 bits per heavy atom. The van der Waals surface area contributed by atoms with E-state index in [0.717, 1.165) is 0 Å². The maximum absolute atomic E-state index is 12.9. The van der Waals surface area contributed by atoms with E-state index in [-0.39, 0.29) is 28.2 Å². The minimum Gasteiger partial charge on any atom is -0.355 e. The monoisotopic (exact) mass is 472 g/mol. The van der Waals surface area contributed by atoms with Crippen molar-refractivity contribution in [2.75, 3.05) is 17.7 Å². The second-order valence-electron chi connectivity index (χ2n) is 6.54. The molecule has 0 fully saturated rings. The SMILES string of the molecule is CCC.CNC(=O)c1cc(C#N)cc(C)c1NC(=O)/C(=C/C(=N)P)Nc1ncccc1Cl. The van der Waals surface area contributed by atoms with Crippen molar-refractivity contribution < 1.29 is 9.59 Å². The number of allylic oxidation sites excluding steroid dienone is 1. The number of halogens is 1. The molecule has 0 aliphatic rings. The summed E-state index contributed by atoms with van der Waals surface area (Å²) in [5.74, 6) is -0.827. The molecule has 1 aromatic carbocycles. The Morgan fingerprint density at radius 1 is 1.31 bits per heavy atom. The van der Waals surface area contributed by atoms with E-state index in [1.54, 1.807) is 25.1 Å². The van der Waals surface area contributed by atoms with Gasteiger partial charge < -0.3 is 21.4 Å². The average Bonchev–Trinajstić information content (AvgIpc) is 2.75. The summed E-state index contributed by atoms with van der Waals surface area (Å²) in [6.45, 7) is 5.92. The minimum atomic E-state index is -0.614. The quantitative estimate of drug-likeness (QED) is 0.280. The second kappa shape index (κ2) is 13.2. The number of amides is 2. The fourth-order valence-corrected chi connectivity index (χ4v) is 2.77. The van der Waals surface area contributed by atoms with Gasteiger partial charge in [-0.25, -0.2) is 4.98 Å². The summed E-state index contributed by atoms with van der Waals surface area (Å²) in [4.78, 5) is 29.2. The van der Waals surface area contributed by atoms with Gasteiger partial charge in [-0.15, -0.1) is 0 Å². The number of nitrogens with zero attached hydrogens (tertiary/aromatic N) is 2. The number of rotatable bonds is 6. The van der Waals surface area contributed by atoms with Crippen LogP contribution in [0, 0.1) is 23.7 Å². The van der Waals surface area contributed by atoms with Gasteiger partial charge in [-0.1, -0.05) is 41.1 Å². The van der Waals surface area contributed by atoms with Crippen molar-refractivity contribution in [3.05, 3.63) is 63.9 Å². The third-order valence-electron chi connectivity index (χ3n) is 3.73. The van der Waals surface area contributed by atoms with E-state index in [1.165, 1.54) is 31.8 Å². The van der Waals surface area contributed by atoms with E-state index in [4.69, 9.17) is 22.3 Å². The van der Waals surface area contributed by atoms with Gasteiger partial charge in [-0.3, -0.25) is 9.59 Å². The first-order chi connectivity index (χ1) is 15.2. The number of nitriles is 1. The molecule has 1 atom stereocenters. The van der Waals surface area contributed by atoms with Crippen LogP contribution in [0.3, 0.4) is 0 Å². The average molecular weight is 473 g/mol. The molecule has 1 heterocycles. The lowest BCUT2D eigenvalue weighted by Crippen LogP contribution is -2.25. The molecule has 0 spiro atoms. The Bertz CT molecular complexity index is 1080. The summed E-state index contributed by atoms with van der Waals surface area (Å²) in [5, 5.41) is 25.1. The Labute approximate surface area is 195 Å². The van der Waals surface area contributed by atoms with Crippen molar-refractivity contribution in [3.63, 3.8) is 0 Å². The summed E-state index contributed by atoms with van der Waals surface area (Å²) in [6.07, 6.45) is 4.04. The fraction of sp³-hybridized carbons (Fsp3) is 0.227. The van der Waals surface area contributed by atoms with Crippen LogP contribution in [0.5, 0.6) is 0 Å². The minimum absolute atomic E-state index is 0.00258. The molecule has 10 heteroatoms.